The second-order valence-corrected chi connectivity index (χ2v) is 11.2. The summed E-state index contributed by atoms with van der Waals surface area (Å²) in [6, 6.07) is 15.1. The summed E-state index contributed by atoms with van der Waals surface area (Å²) < 4.78 is 28.5. The van der Waals surface area contributed by atoms with Crippen LogP contribution in [0.25, 0.3) is 16.6 Å². The minimum Gasteiger partial charge on any atom is -0.366 e. The van der Waals surface area contributed by atoms with E-state index >= 15 is 0 Å². The Morgan fingerprint density at radius 2 is 1.76 bits per heavy atom. The van der Waals surface area contributed by atoms with Crippen molar-refractivity contribution in [3.63, 3.8) is 0 Å². The molecule has 0 aliphatic heterocycles. The summed E-state index contributed by atoms with van der Waals surface area (Å²) in [5, 5.41) is 12.7. The van der Waals surface area contributed by atoms with Crippen LogP contribution in [0.1, 0.15) is 57.9 Å². The molecule has 0 radical (unpaired) electrons. The monoisotopic (exact) mass is 463 g/mol. The van der Waals surface area contributed by atoms with Crippen LogP contribution in [0.15, 0.2) is 58.5 Å². The fourth-order valence-electron chi connectivity index (χ4n) is 4.68. The SMILES string of the molecule is CC(C)c1ccc(S(=O)(=O)c2nnn3c2nc(NC2CCCCC2C)c2ccccc23)cc1. The number of anilines is 1. The molecule has 1 aliphatic rings. The molecular formula is C25H29N5O2S. The number of hydrogen-bond donors (Lipinski definition) is 1. The van der Waals surface area contributed by atoms with E-state index in [1.54, 1.807) is 12.1 Å². The maximum atomic E-state index is 13.5. The Balaban J connectivity index is 1.64. The van der Waals surface area contributed by atoms with Gasteiger partial charge in [0.2, 0.25) is 14.9 Å². The molecule has 1 saturated carbocycles. The molecule has 2 unspecified atom stereocenters. The molecule has 172 valence electrons. The molecule has 2 aromatic heterocycles. The average molecular weight is 464 g/mol. The summed E-state index contributed by atoms with van der Waals surface area (Å²) >= 11 is 0. The summed E-state index contributed by atoms with van der Waals surface area (Å²) in [5.41, 5.74) is 2.10. The van der Waals surface area contributed by atoms with Gasteiger partial charge in [-0.2, -0.15) is 4.52 Å². The lowest BCUT2D eigenvalue weighted by molar-refractivity contribution is 0.349. The van der Waals surface area contributed by atoms with E-state index in [0.29, 0.717) is 23.7 Å². The van der Waals surface area contributed by atoms with Crippen LogP contribution in [0.5, 0.6) is 0 Å². The Morgan fingerprint density at radius 1 is 1.03 bits per heavy atom. The third-order valence-electron chi connectivity index (χ3n) is 6.77. The zero-order valence-electron chi connectivity index (χ0n) is 19.2. The largest absolute Gasteiger partial charge is 0.366 e. The number of sulfone groups is 1. The fraction of sp³-hybridized carbons (Fsp3) is 0.400. The van der Waals surface area contributed by atoms with Crippen LogP contribution in [0, 0.1) is 5.92 Å². The van der Waals surface area contributed by atoms with Gasteiger partial charge in [0.1, 0.15) is 5.82 Å². The van der Waals surface area contributed by atoms with E-state index in [0.717, 1.165) is 22.9 Å². The topological polar surface area (TPSA) is 89.2 Å². The fourth-order valence-corrected chi connectivity index (χ4v) is 5.91. The summed E-state index contributed by atoms with van der Waals surface area (Å²) in [4.78, 5) is 4.97. The maximum Gasteiger partial charge on any atom is 0.229 e. The average Bonchev–Trinajstić information content (AvgIpc) is 3.26. The second kappa shape index (κ2) is 8.41. The van der Waals surface area contributed by atoms with Gasteiger partial charge in [-0.15, -0.1) is 5.10 Å². The van der Waals surface area contributed by atoms with Crippen molar-refractivity contribution in [2.24, 2.45) is 5.92 Å². The Kier molecular flexibility index (Phi) is 5.56. The van der Waals surface area contributed by atoms with Crippen molar-refractivity contribution in [1.29, 1.82) is 0 Å². The lowest BCUT2D eigenvalue weighted by Gasteiger charge is -2.30. The molecule has 0 saturated heterocycles. The van der Waals surface area contributed by atoms with Crippen LogP contribution >= 0.6 is 0 Å². The highest BCUT2D eigenvalue weighted by atomic mass is 32.2. The van der Waals surface area contributed by atoms with Crippen molar-refractivity contribution in [2.45, 2.75) is 68.3 Å². The van der Waals surface area contributed by atoms with E-state index in [4.69, 9.17) is 4.98 Å². The van der Waals surface area contributed by atoms with Gasteiger partial charge in [-0.25, -0.2) is 13.4 Å². The molecular weight excluding hydrogens is 434 g/mol. The Morgan fingerprint density at radius 3 is 2.48 bits per heavy atom. The number of nitrogens with one attached hydrogen (secondary N) is 1. The third kappa shape index (κ3) is 3.86. The smallest absolute Gasteiger partial charge is 0.229 e. The number of fused-ring (bicyclic) bond motifs is 3. The van der Waals surface area contributed by atoms with Crippen molar-refractivity contribution in [2.75, 3.05) is 5.32 Å². The van der Waals surface area contributed by atoms with Gasteiger partial charge in [0.05, 0.1) is 10.4 Å². The lowest BCUT2D eigenvalue weighted by Crippen LogP contribution is -2.30. The van der Waals surface area contributed by atoms with E-state index in [1.807, 2.05) is 36.4 Å². The second-order valence-electron chi connectivity index (χ2n) is 9.35. The van der Waals surface area contributed by atoms with Gasteiger partial charge < -0.3 is 5.32 Å². The van der Waals surface area contributed by atoms with Crippen molar-refractivity contribution in [3.05, 3.63) is 54.1 Å². The number of nitrogens with zero attached hydrogens (tertiary/aromatic N) is 4. The van der Waals surface area contributed by atoms with Gasteiger partial charge in [0.25, 0.3) is 0 Å². The molecule has 2 aromatic carbocycles. The number of para-hydroxylation sites is 1. The first-order valence-electron chi connectivity index (χ1n) is 11.6. The zero-order valence-corrected chi connectivity index (χ0v) is 20.0. The summed E-state index contributed by atoms with van der Waals surface area (Å²) in [6.07, 6.45) is 4.69. The van der Waals surface area contributed by atoms with Gasteiger partial charge in [-0.05, 0) is 54.5 Å². The highest BCUT2D eigenvalue weighted by Gasteiger charge is 2.28. The molecule has 7 nitrogen and oxygen atoms in total. The van der Waals surface area contributed by atoms with Gasteiger partial charge in [0, 0.05) is 11.4 Å². The highest BCUT2D eigenvalue weighted by Crippen LogP contribution is 2.32. The van der Waals surface area contributed by atoms with Gasteiger partial charge in [0.15, 0.2) is 5.65 Å². The first-order chi connectivity index (χ1) is 15.9. The molecule has 33 heavy (non-hydrogen) atoms. The summed E-state index contributed by atoms with van der Waals surface area (Å²) in [6.45, 7) is 6.41. The Labute approximate surface area is 194 Å². The van der Waals surface area contributed by atoms with Crippen molar-refractivity contribution >= 4 is 32.2 Å². The summed E-state index contributed by atoms with van der Waals surface area (Å²) in [5.74, 6) is 1.53. The first kappa shape index (κ1) is 21.8. The minimum atomic E-state index is -3.88. The van der Waals surface area contributed by atoms with E-state index < -0.39 is 9.84 Å². The molecule has 0 bridgehead atoms. The number of rotatable bonds is 5. The van der Waals surface area contributed by atoms with Crippen LogP contribution in [-0.4, -0.2) is 34.3 Å². The molecule has 2 heterocycles. The van der Waals surface area contributed by atoms with Gasteiger partial charge in [-0.1, -0.05) is 63.1 Å². The first-order valence-corrected chi connectivity index (χ1v) is 13.1. The molecule has 0 spiro atoms. The quantitative estimate of drug-likeness (QED) is 0.436. The van der Waals surface area contributed by atoms with Crippen molar-refractivity contribution in [3.8, 4) is 0 Å². The number of aromatic nitrogens is 4. The van der Waals surface area contributed by atoms with E-state index in [9.17, 15) is 8.42 Å². The number of hydrogen-bond acceptors (Lipinski definition) is 6. The zero-order chi connectivity index (χ0) is 23.2. The Bertz CT molecular complexity index is 1410. The van der Waals surface area contributed by atoms with Crippen LogP contribution < -0.4 is 5.32 Å². The van der Waals surface area contributed by atoms with Crippen LogP contribution in [0.2, 0.25) is 0 Å². The van der Waals surface area contributed by atoms with Crippen LogP contribution in [-0.2, 0) is 9.84 Å². The standard InChI is InChI=1S/C25H29N5O2S/c1-16(2)18-12-14-19(15-13-18)33(31,32)25-24-27-23(26-21-10-6-4-8-17(21)3)20-9-5-7-11-22(20)30(24)29-28-25/h5,7,9,11-17,21H,4,6,8,10H2,1-3H3,(H,26,27). The van der Waals surface area contributed by atoms with E-state index in [1.165, 1.54) is 23.8 Å². The predicted octanol–water partition coefficient (Wildman–Crippen LogP) is 5.22. The predicted molar refractivity (Wildman–Crippen MR) is 129 cm³/mol. The van der Waals surface area contributed by atoms with Crippen molar-refractivity contribution < 1.29 is 8.42 Å². The molecule has 0 amide bonds. The molecule has 5 rings (SSSR count). The van der Waals surface area contributed by atoms with Gasteiger partial charge in [-0.3, -0.25) is 0 Å². The molecule has 4 aromatic rings. The van der Waals surface area contributed by atoms with Crippen LogP contribution in [0.3, 0.4) is 0 Å². The maximum absolute atomic E-state index is 13.5. The third-order valence-corrected chi connectivity index (χ3v) is 8.43. The molecule has 1 aliphatic carbocycles. The molecule has 2 atom stereocenters. The highest BCUT2D eigenvalue weighted by molar-refractivity contribution is 7.91. The van der Waals surface area contributed by atoms with E-state index in [2.05, 4.69) is 36.4 Å². The van der Waals surface area contributed by atoms with E-state index in [-0.39, 0.29) is 15.6 Å². The molecule has 1 N–H and O–H groups in total. The minimum absolute atomic E-state index is 0.120. The van der Waals surface area contributed by atoms with Gasteiger partial charge >= 0.3 is 0 Å². The molecule has 8 heteroatoms. The number of benzene rings is 2. The summed E-state index contributed by atoms with van der Waals surface area (Å²) in [7, 11) is -3.88. The lowest BCUT2D eigenvalue weighted by atomic mass is 9.86. The normalized spacial score (nSPS) is 19.4. The van der Waals surface area contributed by atoms with Crippen LogP contribution in [0.4, 0.5) is 5.82 Å². The van der Waals surface area contributed by atoms with Crippen molar-refractivity contribution in [1.82, 2.24) is 19.8 Å². The molecule has 1 fully saturated rings. The Hall–Kier alpha value is -3.00.